The molecule has 16 heavy (non-hydrogen) atoms. The van der Waals surface area contributed by atoms with E-state index < -0.39 is 10.0 Å². The highest BCUT2D eigenvalue weighted by Gasteiger charge is 2.14. The number of nitrogens with two attached hydrogens (primary N) is 2. The van der Waals surface area contributed by atoms with Gasteiger partial charge in [-0.05, 0) is 19.1 Å². The highest BCUT2D eigenvalue weighted by Crippen LogP contribution is 2.27. The van der Waals surface area contributed by atoms with Gasteiger partial charge in [0, 0.05) is 6.57 Å². The third kappa shape index (κ3) is 3.42. The molecule has 0 aromatic heterocycles. The van der Waals surface area contributed by atoms with Crippen molar-refractivity contribution in [1.82, 2.24) is 0 Å². The van der Waals surface area contributed by atoms with Gasteiger partial charge >= 0.3 is 0 Å². The lowest BCUT2D eigenvalue weighted by molar-refractivity contribution is 0.341. The minimum Gasteiger partial charge on any atom is -0.492 e. The van der Waals surface area contributed by atoms with Gasteiger partial charge in [0.25, 0.3) is 0 Å². The van der Waals surface area contributed by atoms with E-state index in [0.717, 1.165) is 0 Å². The van der Waals surface area contributed by atoms with Gasteiger partial charge in [-0.3, -0.25) is 0 Å². The largest absolute Gasteiger partial charge is 0.492 e. The summed E-state index contributed by atoms with van der Waals surface area (Å²) in [6.07, 6.45) is 0. The van der Waals surface area contributed by atoms with Gasteiger partial charge in [0.15, 0.2) is 0 Å². The molecule has 1 aromatic rings. The Bertz CT molecular complexity index is 468. The second-order valence-corrected chi connectivity index (χ2v) is 4.18. The van der Waals surface area contributed by atoms with Crippen LogP contribution < -0.4 is 15.6 Å². The molecule has 6 nitrogen and oxygen atoms in total. The average Bonchev–Trinajstić information content (AvgIpc) is 2.23. The first-order valence-electron chi connectivity index (χ1n) is 4.26. The molecule has 88 valence electrons. The van der Waals surface area contributed by atoms with Gasteiger partial charge in [0.2, 0.25) is 10.0 Å². The van der Waals surface area contributed by atoms with Crippen molar-refractivity contribution in [2.24, 2.45) is 5.14 Å². The van der Waals surface area contributed by atoms with E-state index in [0.29, 0.717) is 12.4 Å². The van der Waals surface area contributed by atoms with Crippen molar-refractivity contribution in [1.29, 1.82) is 5.26 Å². The molecular formula is C9H13N3O3S. The summed E-state index contributed by atoms with van der Waals surface area (Å²) >= 11 is 0. The number of rotatable bonds is 3. The number of hydrogen-bond donors (Lipinski definition) is 2. The van der Waals surface area contributed by atoms with Crippen LogP contribution in [-0.4, -0.2) is 15.0 Å². The predicted molar refractivity (Wildman–Crippen MR) is 60.1 cm³/mol. The van der Waals surface area contributed by atoms with Crippen LogP contribution in [0.15, 0.2) is 23.1 Å². The maximum absolute atomic E-state index is 11.1. The van der Waals surface area contributed by atoms with E-state index in [1.165, 1.54) is 12.1 Å². The minimum absolute atomic E-state index is 0.0526. The van der Waals surface area contributed by atoms with Gasteiger partial charge in [0.05, 0.1) is 12.3 Å². The normalized spacial score (nSPS) is 10.0. The molecule has 1 rings (SSSR count). The van der Waals surface area contributed by atoms with Crippen LogP contribution in [0.5, 0.6) is 5.75 Å². The number of nitrogens with zero attached hydrogens (tertiary/aromatic N) is 1. The third-order valence-corrected chi connectivity index (χ3v) is 2.60. The third-order valence-electron chi connectivity index (χ3n) is 1.63. The van der Waals surface area contributed by atoms with E-state index in [1.807, 2.05) is 0 Å². The van der Waals surface area contributed by atoms with Crippen LogP contribution in [0.3, 0.4) is 0 Å². The highest BCUT2D eigenvalue weighted by atomic mass is 32.2. The molecule has 0 spiro atoms. The number of para-hydroxylation sites is 1. The topological polar surface area (TPSA) is 119 Å². The molecule has 0 aliphatic carbocycles. The second-order valence-electron chi connectivity index (χ2n) is 2.65. The van der Waals surface area contributed by atoms with Crippen LogP contribution in [0.2, 0.25) is 0 Å². The maximum Gasteiger partial charge on any atom is 0.240 e. The summed E-state index contributed by atoms with van der Waals surface area (Å²) in [7, 11) is -3.78. The van der Waals surface area contributed by atoms with Crippen LogP contribution in [0.25, 0.3) is 0 Å². The van der Waals surface area contributed by atoms with Crippen LogP contribution in [0.1, 0.15) is 6.92 Å². The molecule has 0 saturated heterocycles. The summed E-state index contributed by atoms with van der Waals surface area (Å²) in [5, 5.41) is 11.5. The highest BCUT2D eigenvalue weighted by molar-refractivity contribution is 7.89. The standard InChI is InChI=1S/C8H12N2O3S.CHN/c1-2-13-6-4-3-5-7(8(6)9)14(10,11)12;1-2/h3-5H,2,9H2,1H3,(H2,10,11,12);1H. The Morgan fingerprint density at radius 3 is 2.44 bits per heavy atom. The van der Waals surface area contributed by atoms with E-state index in [2.05, 4.69) is 6.57 Å². The summed E-state index contributed by atoms with van der Waals surface area (Å²) in [4.78, 5) is -0.108. The molecule has 0 heterocycles. The summed E-state index contributed by atoms with van der Waals surface area (Å²) in [5.41, 5.74) is 5.62. The molecule has 0 amide bonds. The van der Waals surface area contributed by atoms with Gasteiger partial charge in [-0.15, -0.1) is 0 Å². The SMILES string of the molecule is C#N.CCOc1cccc(S(N)(=O)=O)c1N. The summed E-state index contributed by atoms with van der Waals surface area (Å²) < 4.78 is 27.2. The van der Waals surface area contributed by atoms with Crippen molar-refractivity contribution < 1.29 is 13.2 Å². The van der Waals surface area contributed by atoms with E-state index in [9.17, 15) is 8.42 Å². The number of nitrogen functional groups attached to an aromatic ring is 1. The predicted octanol–water partition coefficient (Wildman–Crippen LogP) is 0.455. The number of anilines is 1. The van der Waals surface area contributed by atoms with Crippen LogP contribution >= 0.6 is 0 Å². The van der Waals surface area contributed by atoms with Crippen molar-refractivity contribution >= 4 is 15.7 Å². The number of nitriles is 1. The van der Waals surface area contributed by atoms with Crippen molar-refractivity contribution in [3.05, 3.63) is 18.2 Å². The average molecular weight is 243 g/mol. The first kappa shape index (κ1) is 14.2. The van der Waals surface area contributed by atoms with Crippen LogP contribution in [0, 0.1) is 11.8 Å². The second kappa shape index (κ2) is 5.95. The molecule has 0 unspecified atom stereocenters. The van der Waals surface area contributed by atoms with Crippen molar-refractivity contribution in [2.75, 3.05) is 12.3 Å². The summed E-state index contributed by atoms with van der Waals surface area (Å²) in [6, 6.07) is 4.46. The lowest BCUT2D eigenvalue weighted by Gasteiger charge is -2.09. The number of hydrogen-bond acceptors (Lipinski definition) is 5. The Kier molecular flexibility index (Phi) is 5.29. The fourth-order valence-corrected chi connectivity index (χ4v) is 1.73. The van der Waals surface area contributed by atoms with Gasteiger partial charge in [-0.2, -0.15) is 0 Å². The number of primary sulfonamides is 1. The monoisotopic (exact) mass is 243 g/mol. The van der Waals surface area contributed by atoms with Crippen molar-refractivity contribution in [2.45, 2.75) is 11.8 Å². The minimum atomic E-state index is -3.78. The van der Waals surface area contributed by atoms with Crippen LogP contribution in [-0.2, 0) is 10.0 Å². The Hall–Kier alpha value is -1.78. The fraction of sp³-hybridized carbons (Fsp3) is 0.222. The molecule has 0 atom stereocenters. The molecule has 0 radical (unpaired) electrons. The maximum atomic E-state index is 11.1. The lowest BCUT2D eigenvalue weighted by atomic mass is 10.3. The van der Waals surface area contributed by atoms with Crippen molar-refractivity contribution in [3.8, 4) is 12.3 Å². The van der Waals surface area contributed by atoms with E-state index in [1.54, 1.807) is 13.0 Å². The number of sulfonamides is 1. The van der Waals surface area contributed by atoms with E-state index in [4.69, 9.17) is 20.9 Å². The molecule has 7 heteroatoms. The smallest absolute Gasteiger partial charge is 0.240 e. The van der Waals surface area contributed by atoms with Gasteiger partial charge < -0.3 is 10.5 Å². The molecule has 0 saturated carbocycles. The Labute approximate surface area is 94.5 Å². The van der Waals surface area contributed by atoms with Gasteiger partial charge in [0.1, 0.15) is 10.6 Å². The molecule has 0 bridgehead atoms. The molecule has 1 aromatic carbocycles. The molecule has 0 aliphatic rings. The number of benzene rings is 1. The Balaban J connectivity index is 0.00000106. The molecular weight excluding hydrogens is 230 g/mol. The first-order chi connectivity index (χ1) is 7.46. The summed E-state index contributed by atoms with van der Waals surface area (Å²) in [6.45, 7) is 5.70. The quantitative estimate of drug-likeness (QED) is 0.747. The molecule has 0 fully saturated rings. The fourth-order valence-electron chi connectivity index (χ4n) is 1.05. The van der Waals surface area contributed by atoms with Gasteiger partial charge in [-0.1, -0.05) is 6.07 Å². The van der Waals surface area contributed by atoms with Crippen LogP contribution in [0.4, 0.5) is 5.69 Å². The first-order valence-corrected chi connectivity index (χ1v) is 5.81. The summed E-state index contributed by atoms with van der Waals surface area (Å²) in [5.74, 6) is 0.332. The zero-order valence-electron chi connectivity index (χ0n) is 8.75. The van der Waals surface area contributed by atoms with Crippen molar-refractivity contribution in [3.63, 3.8) is 0 Å². The Morgan fingerprint density at radius 2 is 2.00 bits per heavy atom. The Morgan fingerprint density at radius 1 is 1.44 bits per heavy atom. The molecule has 4 N–H and O–H groups in total. The molecule has 0 aliphatic heterocycles. The van der Waals surface area contributed by atoms with Gasteiger partial charge in [-0.25, -0.2) is 18.8 Å². The lowest BCUT2D eigenvalue weighted by Crippen LogP contribution is -2.14. The van der Waals surface area contributed by atoms with E-state index in [-0.39, 0.29) is 10.6 Å². The number of ether oxygens (including phenoxy) is 1. The zero-order chi connectivity index (χ0) is 12.8. The van der Waals surface area contributed by atoms with E-state index >= 15 is 0 Å². The zero-order valence-corrected chi connectivity index (χ0v) is 9.57.